The molecule has 0 spiro atoms. The molecule has 1 amide bonds. The molecule has 1 aromatic rings. The zero-order chi connectivity index (χ0) is 14.1. The SMILES string of the molecule is O=C(O)c1coc(C(=O)N2CCCC2C2CCCC2)c1. The molecular formula is C15H19NO4. The van der Waals surface area contributed by atoms with E-state index in [0.717, 1.165) is 25.6 Å². The molecule has 20 heavy (non-hydrogen) atoms. The van der Waals surface area contributed by atoms with Crippen molar-refractivity contribution in [2.75, 3.05) is 6.54 Å². The second-order valence-corrected chi connectivity index (χ2v) is 5.76. The number of aromatic carboxylic acids is 1. The van der Waals surface area contributed by atoms with Gasteiger partial charge in [-0.2, -0.15) is 0 Å². The van der Waals surface area contributed by atoms with Crippen LogP contribution in [0.25, 0.3) is 0 Å². The molecule has 2 fully saturated rings. The van der Waals surface area contributed by atoms with Crippen LogP contribution in [0.2, 0.25) is 0 Å². The van der Waals surface area contributed by atoms with E-state index in [1.54, 1.807) is 0 Å². The minimum Gasteiger partial charge on any atom is -0.478 e. The third-order valence-corrected chi connectivity index (χ3v) is 4.56. The van der Waals surface area contributed by atoms with E-state index in [-0.39, 0.29) is 17.2 Å². The van der Waals surface area contributed by atoms with Gasteiger partial charge in [0, 0.05) is 18.7 Å². The molecule has 1 N–H and O–H groups in total. The second-order valence-electron chi connectivity index (χ2n) is 5.76. The van der Waals surface area contributed by atoms with Crippen LogP contribution >= 0.6 is 0 Å². The van der Waals surface area contributed by atoms with Gasteiger partial charge in [-0.25, -0.2) is 4.79 Å². The summed E-state index contributed by atoms with van der Waals surface area (Å²) in [6.45, 7) is 0.753. The standard InChI is InChI=1S/C15H19NO4/c17-14(13-8-11(9-20-13)15(18)19)16-7-3-6-12(16)10-4-1-2-5-10/h8-10,12H,1-7H2,(H,18,19). The van der Waals surface area contributed by atoms with Crippen molar-refractivity contribution in [3.8, 4) is 0 Å². The summed E-state index contributed by atoms with van der Waals surface area (Å²) in [6, 6.07) is 1.64. The van der Waals surface area contributed by atoms with Crippen LogP contribution in [0.5, 0.6) is 0 Å². The Balaban J connectivity index is 1.76. The average molecular weight is 277 g/mol. The second kappa shape index (κ2) is 5.31. The van der Waals surface area contributed by atoms with E-state index in [0.29, 0.717) is 12.0 Å². The first kappa shape index (κ1) is 13.2. The van der Waals surface area contributed by atoms with Gasteiger partial charge in [-0.3, -0.25) is 4.79 Å². The van der Waals surface area contributed by atoms with E-state index in [4.69, 9.17) is 9.52 Å². The molecule has 5 nitrogen and oxygen atoms in total. The van der Waals surface area contributed by atoms with E-state index in [1.807, 2.05) is 4.90 Å². The van der Waals surface area contributed by atoms with Crippen molar-refractivity contribution in [1.29, 1.82) is 0 Å². The Bertz CT molecular complexity index is 516. The van der Waals surface area contributed by atoms with Gasteiger partial charge < -0.3 is 14.4 Å². The van der Waals surface area contributed by atoms with Crippen molar-refractivity contribution in [1.82, 2.24) is 4.90 Å². The number of likely N-dealkylation sites (tertiary alicyclic amines) is 1. The molecule has 0 aromatic carbocycles. The quantitative estimate of drug-likeness (QED) is 0.922. The first-order chi connectivity index (χ1) is 9.66. The molecule has 2 heterocycles. The molecule has 1 aromatic heterocycles. The van der Waals surface area contributed by atoms with Crippen LogP contribution in [-0.2, 0) is 0 Å². The fourth-order valence-corrected chi connectivity index (χ4v) is 3.58. The van der Waals surface area contributed by atoms with Crippen molar-refractivity contribution in [3.63, 3.8) is 0 Å². The van der Waals surface area contributed by atoms with E-state index < -0.39 is 5.97 Å². The Labute approximate surface area is 117 Å². The number of carbonyl (C=O) groups is 2. The Kier molecular flexibility index (Phi) is 3.51. The maximum Gasteiger partial charge on any atom is 0.338 e. The monoisotopic (exact) mass is 277 g/mol. The van der Waals surface area contributed by atoms with Gasteiger partial charge in [0.05, 0.1) is 5.56 Å². The highest BCUT2D eigenvalue weighted by molar-refractivity contribution is 5.95. The van der Waals surface area contributed by atoms with E-state index in [1.165, 1.54) is 31.7 Å². The van der Waals surface area contributed by atoms with Crippen LogP contribution in [0.3, 0.4) is 0 Å². The van der Waals surface area contributed by atoms with E-state index in [2.05, 4.69) is 0 Å². The third kappa shape index (κ3) is 2.32. The van der Waals surface area contributed by atoms with Crippen LogP contribution in [0.4, 0.5) is 0 Å². The highest BCUT2D eigenvalue weighted by Crippen LogP contribution is 2.36. The van der Waals surface area contributed by atoms with Crippen LogP contribution in [0, 0.1) is 5.92 Å². The third-order valence-electron chi connectivity index (χ3n) is 4.56. The summed E-state index contributed by atoms with van der Waals surface area (Å²) in [4.78, 5) is 25.2. The molecule has 1 atom stereocenters. The van der Waals surface area contributed by atoms with Gasteiger partial charge in [0.15, 0.2) is 5.76 Å². The minimum absolute atomic E-state index is 0.0324. The van der Waals surface area contributed by atoms with E-state index in [9.17, 15) is 9.59 Å². The van der Waals surface area contributed by atoms with Gasteiger partial charge in [0.25, 0.3) is 5.91 Å². The Morgan fingerprint density at radius 2 is 1.95 bits per heavy atom. The summed E-state index contributed by atoms with van der Waals surface area (Å²) < 4.78 is 5.14. The molecule has 1 saturated carbocycles. The number of amides is 1. The molecule has 0 radical (unpaired) electrons. The van der Waals surface area contributed by atoms with Gasteiger partial charge in [0.1, 0.15) is 6.26 Å². The molecule has 0 bridgehead atoms. The largest absolute Gasteiger partial charge is 0.478 e. The summed E-state index contributed by atoms with van der Waals surface area (Å²) in [5.74, 6) is -0.476. The molecule has 1 unspecified atom stereocenters. The summed E-state index contributed by atoms with van der Waals surface area (Å²) in [5.41, 5.74) is 0.0324. The van der Waals surface area contributed by atoms with Crippen molar-refractivity contribution < 1.29 is 19.1 Å². The Morgan fingerprint density at radius 1 is 1.20 bits per heavy atom. The molecule has 2 aliphatic rings. The summed E-state index contributed by atoms with van der Waals surface area (Å²) in [5, 5.41) is 8.88. The first-order valence-corrected chi connectivity index (χ1v) is 7.29. The van der Waals surface area contributed by atoms with Gasteiger partial charge in [-0.05, 0) is 31.6 Å². The topological polar surface area (TPSA) is 70.7 Å². The number of rotatable bonds is 3. The molecule has 5 heteroatoms. The lowest BCUT2D eigenvalue weighted by molar-refractivity contribution is 0.0655. The summed E-state index contributed by atoms with van der Waals surface area (Å²) in [7, 11) is 0. The van der Waals surface area contributed by atoms with Gasteiger partial charge in [0.2, 0.25) is 0 Å². The fourth-order valence-electron chi connectivity index (χ4n) is 3.58. The van der Waals surface area contributed by atoms with Crippen molar-refractivity contribution >= 4 is 11.9 Å². The molecule has 3 rings (SSSR count). The lowest BCUT2D eigenvalue weighted by atomic mass is 9.96. The maximum absolute atomic E-state index is 12.5. The number of hydrogen-bond acceptors (Lipinski definition) is 3. The Hall–Kier alpha value is -1.78. The average Bonchev–Trinajstić information content (AvgIpc) is 3.17. The molecular weight excluding hydrogens is 258 g/mol. The highest BCUT2D eigenvalue weighted by atomic mass is 16.4. The van der Waals surface area contributed by atoms with Crippen molar-refractivity contribution in [3.05, 3.63) is 23.7 Å². The predicted molar refractivity (Wildman–Crippen MR) is 71.7 cm³/mol. The lowest BCUT2D eigenvalue weighted by Gasteiger charge is -2.28. The zero-order valence-electron chi connectivity index (χ0n) is 11.4. The number of carboxylic acids is 1. The predicted octanol–water partition coefficient (Wildman–Crippen LogP) is 2.77. The lowest BCUT2D eigenvalue weighted by Crippen LogP contribution is -2.39. The van der Waals surface area contributed by atoms with Gasteiger partial charge in [-0.15, -0.1) is 0 Å². The van der Waals surface area contributed by atoms with Crippen LogP contribution in [0.1, 0.15) is 59.4 Å². The first-order valence-electron chi connectivity index (χ1n) is 7.29. The Morgan fingerprint density at radius 3 is 2.60 bits per heavy atom. The van der Waals surface area contributed by atoms with Crippen molar-refractivity contribution in [2.45, 2.75) is 44.6 Å². The normalized spacial score (nSPS) is 23.4. The number of carbonyl (C=O) groups excluding carboxylic acids is 1. The fraction of sp³-hybridized carbons (Fsp3) is 0.600. The maximum atomic E-state index is 12.5. The molecule has 108 valence electrons. The molecule has 1 aliphatic carbocycles. The summed E-state index contributed by atoms with van der Waals surface area (Å²) >= 11 is 0. The number of hydrogen-bond donors (Lipinski definition) is 1. The van der Waals surface area contributed by atoms with Crippen LogP contribution in [0.15, 0.2) is 16.7 Å². The zero-order valence-corrected chi connectivity index (χ0v) is 11.4. The molecule has 1 saturated heterocycles. The number of carboxylic acid groups (broad SMARTS) is 1. The summed E-state index contributed by atoms with van der Waals surface area (Å²) in [6.07, 6.45) is 8.14. The number of furan rings is 1. The van der Waals surface area contributed by atoms with Crippen LogP contribution in [-0.4, -0.2) is 34.5 Å². The number of nitrogens with zero attached hydrogens (tertiary/aromatic N) is 1. The van der Waals surface area contributed by atoms with E-state index >= 15 is 0 Å². The molecule has 1 aliphatic heterocycles. The van der Waals surface area contributed by atoms with Gasteiger partial charge in [-0.1, -0.05) is 12.8 Å². The van der Waals surface area contributed by atoms with Crippen molar-refractivity contribution in [2.24, 2.45) is 5.92 Å². The highest BCUT2D eigenvalue weighted by Gasteiger charge is 2.37. The van der Waals surface area contributed by atoms with Gasteiger partial charge >= 0.3 is 5.97 Å². The van der Waals surface area contributed by atoms with Crippen LogP contribution < -0.4 is 0 Å². The minimum atomic E-state index is -1.07. The smallest absolute Gasteiger partial charge is 0.338 e.